The molecule has 0 aliphatic heterocycles. The fourth-order valence-electron chi connectivity index (χ4n) is 3.64. The van der Waals surface area contributed by atoms with Crippen molar-refractivity contribution in [2.75, 3.05) is 0 Å². The van der Waals surface area contributed by atoms with Crippen molar-refractivity contribution in [3.8, 4) is 0 Å². The summed E-state index contributed by atoms with van der Waals surface area (Å²) in [5.74, 6) is 3.29. The first-order valence-corrected chi connectivity index (χ1v) is 4.90. The molecule has 0 spiro atoms. The summed E-state index contributed by atoms with van der Waals surface area (Å²) in [6.45, 7) is 0. The molecule has 0 aromatic carbocycles. The van der Waals surface area contributed by atoms with E-state index < -0.39 is 0 Å². The van der Waals surface area contributed by atoms with Gasteiger partial charge in [-0.05, 0) is 43.9 Å². The zero-order valence-corrected chi connectivity index (χ0v) is 6.75. The van der Waals surface area contributed by atoms with E-state index in [0.717, 1.165) is 11.8 Å². The predicted molar refractivity (Wildman–Crippen MR) is 42.1 cm³/mol. The molecule has 3 fully saturated rings. The van der Waals surface area contributed by atoms with Gasteiger partial charge in [0.1, 0.15) is 5.78 Å². The molecule has 0 heterocycles. The van der Waals surface area contributed by atoms with E-state index in [1.54, 1.807) is 0 Å². The van der Waals surface area contributed by atoms with Crippen LogP contribution in [0.4, 0.5) is 0 Å². The second-order valence-corrected chi connectivity index (χ2v) is 4.53. The highest BCUT2D eigenvalue weighted by Crippen LogP contribution is 2.53. The summed E-state index contributed by atoms with van der Waals surface area (Å²) in [7, 11) is 0. The molecule has 0 amide bonds. The molecule has 0 aromatic rings. The quantitative estimate of drug-likeness (QED) is 0.516. The first-order valence-electron chi connectivity index (χ1n) is 4.90. The van der Waals surface area contributed by atoms with Crippen molar-refractivity contribution in [3.05, 3.63) is 0 Å². The molecule has 4 unspecified atom stereocenters. The van der Waals surface area contributed by atoms with Crippen LogP contribution in [0.25, 0.3) is 0 Å². The first kappa shape index (κ1) is 6.22. The van der Waals surface area contributed by atoms with Gasteiger partial charge in [-0.2, -0.15) is 0 Å². The fourth-order valence-corrected chi connectivity index (χ4v) is 3.64. The van der Waals surface area contributed by atoms with Gasteiger partial charge in [0.2, 0.25) is 0 Å². The molecule has 3 saturated carbocycles. The highest BCUT2D eigenvalue weighted by Gasteiger charge is 2.50. The summed E-state index contributed by atoms with van der Waals surface area (Å²) in [4.78, 5) is 11.6. The van der Waals surface area contributed by atoms with E-state index in [2.05, 4.69) is 0 Å². The molecule has 0 aromatic heterocycles. The summed E-state index contributed by atoms with van der Waals surface area (Å²) in [5.41, 5.74) is 0. The van der Waals surface area contributed by atoms with E-state index in [9.17, 15) is 4.79 Å². The Morgan fingerprint density at radius 3 is 2.00 bits per heavy atom. The van der Waals surface area contributed by atoms with Gasteiger partial charge in [0.05, 0.1) is 0 Å². The van der Waals surface area contributed by atoms with E-state index >= 15 is 0 Å². The SMILES string of the molecule is O=C1C2CCC1C1CCC2C1. The number of rotatable bonds is 0. The lowest BCUT2D eigenvalue weighted by molar-refractivity contribution is -0.128. The normalized spacial score (nSPS) is 53.6. The van der Waals surface area contributed by atoms with Crippen LogP contribution in [0.15, 0.2) is 0 Å². The standard InChI is InChI=1S/C10H14O/c11-10-8-3-4-9(10)7-2-1-6(8)5-7/h6-9H,1-5H2. The number of hydrogen-bond donors (Lipinski definition) is 0. The van der Waals surface area contributed by atoms with Gasteiger partial charge in [-0.3, -0.25) is 4.79 Å². The van der Waals surface area contributed by atoms with Crippen LogP contribution in [0.2, 0.25) is 0 Å². The van der Waals surface area contributed by atoms with Crippen LogP contribution in [0.5, 0.6) is 0 Å². The maximum atomic E-state index is 11.6. The minimum Gasteiger partial charge on any atom is -0.299 e. The molecule has 4 atom stereocenters. The van der Waals surface area contributed by atoms with Gasteiger partial charge in [0, 0.05) is 11.8 Å². The van der Waals surface area contributed by atoms with Gasteiger partial charge in [-0.1, -0.05) is 0 Å². The zero-order chi connectivity index (χ0) is 7.42. The van der Waals surface area contributed by atoms with Crippen LogP contribution in [-0.2, 0) is 4.79 Å². The Balaban J connectivity index is 2.03. The average molecular weight is 150 g/mol. The van der Waals surface area contributed by atoms with Gasteiger partial charge in [-0.15, -0.1) is 0 Å². The molecule has 0 radical (unpaired) electrons. The maximum absolute atomic E-state index is 11.6. The summed E-state index contributed by atoms with van der Waals surface area (Å²) >= 11 is 0. The van der Waals surface area contributed by atoms with Gasteiger partial charge < -0.3 is 0 Å². The first-order chi connectivity index (χ1) is 5.36. The van der Waals surface area contributed by atoms with Crippen LogP contribution in [0.1, 0.15) is 32.1 Å². The smallest absolute Gasteiger partial charge is 0.139 e. The molecule has 1 heteroatoms. The highest BCUT2D eigenvalue weighted by atomic mass is 16.1. The molecule has 4 bridgehead atoms. The highest BCUT2D eigenvalue weighted by molar-refractivity contribution is 5.87. The van der Waals surface area contributed by atoms with Gasteiger partial charge in [0.25, 0.3) is 0 Å². The summed E-state index contributed by atoms with van der Waals surface area (Å²) in [6, 6.07) is 0. The van der Waals surface area contributed by atoms with Crippen molar-refractivity contribution in [3.63, 3.8) is 0 Å². The van der Waals surface area contributed by atoms with Gasteiger partial charge in [0.15, 0.2) is 0 Å². The third-order valence-corrected chi connectivity index (χ3v) is 4.17. The minimum absolute atomic E-state index is 0.513. The van der Waals surface area contributed by atoms with Gasteiger partial charge >= 0.3 is 0 Å². The van der Waals surface area contributed by atoms with Crippen molar-refractivity contribution < 1.29 is 4.79 Å². The van der Waals surface area contributed by atoms with E-state index in [-0.39, 0.29) is 0 Å². The van der Waals surface area contributed by atoms with E-state index in [1.807, 2.05) is 0 Å². The number of carbonyl (C=O) groups excluding carboxylic acids is 1. The van der Waals surface area contributed by atoms with Crippen LogP contribution in [0.3, 0.4) is 0 Å². The van der Waals surface area contributed by atoms with E-state index in [1.165, 1.54) is 32.1 Å². The molecule has 3 aliphatic rings. The molecule has 3 rings (SSSR count). The maximum Gasteiger partial charge on any atom is 0.139 e. The summed E-state index contributed by atoms with van der Waals surface area (Å²) in [5, 5.41) is 0. The molecule has 3 aliphatic carbocycles. The second kappa shape index (κ2) is 1.88. The third-order valence-electron chi connectivity index (χ3n) is 4.17. The lowest BCUT2D eigenvalue weighted by Crippen LogP contribution is -2.28. The summed E-state index contributed by atoms with van der Waals surface area (Å²) < 4.78 is 0. The topological polar surface area (TPSA) is 17.1 Å². The molecule has 60 valence electrons. The van der Waals surface area contributed by atoms with Crippen LogP contribution >= 0.6 is 0 Å². The number of ketones is 1. The molecule has 11 heavy (non-hydrogen) atoms. The largest absolute Gasteiger partial charge is 0.299 e. The fraction of sp³-hybridized carbons (Fsp3) is 0.900. The third kappa shape index (κ3) is 0.646. The van der Waals surface area contributed by atoms with E-state index in [0.29, 0.717) is 17.6 Å². The van der Waals surface area contributed by atoms with Crippen molar-refractivity contribution in [2.24, 2.45) is 23.7 Å². The number of carbonyl (C=O) groups is 1. The Morgan fingerprint density at radius 1 is 0.909 bits per heavy atom. The molecule has 0 N–H and O–H groups in total. The molecule has 1 nitrogen and oxygen atoms in total. The molecular weight excluding hydrogens is 136 g/mol. The number of fused-ring (bicyclic) bond motifs is 6. The van der Waals surface area contributed by atoms with Crippen molar-refractivity contribution in [1.29, 1.82) is 0 Å². The van der Waals surface area contributed by atoms with Crippen LogP contribution < -0.4 is 0 Å². The number of hydrogen-bond acceptors (Lipinski definition) is 1. The van der Waals surface area contributed by atoms with Crippen LogP contribution in [0, 0.1) is 23.7 Å². The van der Waals surface area contributed by atoms with Crippen molar-refractivity contribution in [1.82, 2.24) is 0 Å². The molecular formula is C10H14O. The van der Waals surface area contributed by atoms with E-state index in [4.69, 9.17) is 0 Å². The Morgan fingerprint density at radius 2 is 1.45 bits per heavy atom. The van der Waals surface area contributed by atoms with Crippen LogP contribution in [-0.4, -0.2) is 5.78 Å². The zero-order valence-electron chi connectivity index (χ0n) is 6.75. The average Bonchev–Trinajstić information content (AvgIpc) is 2.42. The Hall–Kier alpha value is -0.330. The van der Waals surface area contributed by atoms with Crippen molar-refractivity contribution >= 4 is 5.78 Å². The van der Waals surface area contributed by atoms with Gasteiger partial charge in [-0.25, -0.2) is 0 Å². The Bertz CT molecular complexity index is 189. The summed E-state index contributed by atoms with van der Waals surface area (Å²) in [6.07, 6.45) is 6.56. The Kier molecular flexibility index (Phi) is 1.06. The van der Waals surface area contributed by atoms with Crippen molar-refractivity contribution in [2.45, 2.75) is 32.1 Å². The number of Topliss-reactive ketones (excluding diaryl/α,β-unsaturated/α-hetero) is 1. The lowest BCUT2D eigenvalue weighted by atomic mass is 9.79. The second-order valence-electron chi connectivity index (χ2n) is 4.53. The molecule has 0 saturated heterocycles. The lowest BCUT2D eigenvalue weighted by Gasteiger charge is -2.24. The predicted octanol–water partition coefficient (Wildman–Crippen LogP) is 2.01. The Labute approximate surface area is 67.2 Å². The minimum atomic E-state index is 0.513. The monoisotopic (exact) mass is 150 g/mol.